The summed E-state index contributed by atoms with van der Waals surface area (Å²) in [6, 6.07) is 4.48. The fourth-order valence-corrected chi connectivity index (χ4v) is 3.10. The highest BCUT2D eigenvalue weighted by Crippen LogP contribution is 2.29. The van der Waals surface area contributed by atoms with Crippen molar-refractivity contribution in [1.29, 1.82) is 0 Å². The molecule has 0 N–H and O–H groups in total. The maximum Gasteiger partial charge on any atom is 0.0594 e. The van der Waals surface area contributed by atoms with E-state index in [2.05, 4.69) is 30.9 Å². The predicted octanol–water partition coefficient (Wildman–Crippen LogP) is 2.54. The van der Waals surface area contributed by atoms with Crippen LogP contribution in [0.4, 0.5) is 0 Å². The molecule has 2 aliphatic heterocycles. The minimum absolute atomic E-state index is 0.474. The molecule has 1 aromatic rings. The van der Waals surface area contributed by atoms with E-state index < -0.39 is 0 Å². The van der Waals surface area contributed by atoms with Crippen LogP contribution in [0.3, 0.4) is 0 Å². The van der Waals surface area contributed by atoms with Gasteiger partial charge in [0, 0.05) is 37.9 Å². The Balaban J connectivity index is 1.83. The molecule has 0 radical (unpaired) electrons. The Kier molecular flexibility index (Phi) is 4.88. The van der Waals surface area contributed by atoms with Gasteiger partial charge in [0.15, 0.2) is 0 Å². The molecule has 2 saturated heterocycles. The van der Waals surface area contributed by atoms with Crippen molar-refractivity contribution in [2.24, 2.45) is 0 Å². The van der Waals surface area contributed by atoms with E-state index >= 15 is 0 Å². The number of morpholine rings is 1. The fraction of sp³-hybridized carbons (Fsp3) is 0.706. The predicted molar refractivity (Wildman–Crippen MR) is 82.6 cm³/mol. The third kappa shape index (κ3) is 3.62. The summed E-state index contributed by atoms with van der Waals surface area (Å²) in [6.07, 6.45) is 1.12. The highest BCUT2D eigenvalue weighted by Gasteiger charge is 2.23. The third-order valence-corrected chi connectivity index (χ3v) is 4.47. The van der Waals surface area contributed by atoms with Crippen LogP contribution in [0, 0.1) is 0 Å². The van der Waals surface area contributed by atoms with E-state index in [1.54, 1.807) is 0 Å². The Morgan fingerprint density at radius 3 is 2.67 bits per heavy atom. The summed E-state index contributed by atoms with van der Waals surface area (Å²) in [5.74, 6) is 0.997. The van der Waals surface area contributed by atoms with Crippen LogP contribution in [-0.2, 0) is 16.0 Å². The Morgan fingerprint density at radius 2 is 2.00 bits per heavy atom. The van der Waals surface area contributed by atoms with Crippen LogP contribution >= 0.6 is 0 Å². The van der Waals surface area contributed by atoms with Crippen molar-refractivity contribution in [3.63, 3.8) is 0 Å². The first-order valence-corrected chi connectivity index (χ1v) is 8.11. The van der Waals surface area contributed by atoms with Crippen molar-refractivity contribution >= 4 is 0 Å². The average molecular weight is 290 g/mol. The lowest BCUT2D eigenvalue weighted by Crippen LogP contribution is -2.36. The molecule has 116 valence electrons. The van der Waals surface area contributed by atoms with Gasteiger partial charge >= 0.3 is 0 Å². The summed E-state index contributed by atoms with van der Waals surface area (Å²) in [5.41, 5.74) is 3.84. The van der Waals surface area contributed by atoms with Gasteiger partial charge in [-0.1, -0.05) is 19.9 Å². The third-order valence-electron chi connectivity index (χ3n) is 4.47. The van der Waals surface area contributed by atoms with E-state index in [9.17, 15) is 0 Å². The van der Waals surface area contributed by atoms with Gasteiger partial charge in [-0.15, -0.1) is 0 Å². The van der Waals surface area contributed by atoms with E-state index in [0.717, 1.165) is 52.5 Å². The van der Waals surface area contributed by atoms with Crippen LogP contribution in [0.5, 0.6) is 0 Å². The van der Waals surface area contributed by atoms with Crippen molar-refractivity contribution in [3.8, 4) is 0 Å². The van der Waals surface area contributed by atoms with Crippen molar-refractivity contribution < 1.29 is 9.47 Å². The topological polar surface area (TPSA) is 34.6 Å². The molecule has 0 unspecified atom stereocenters. The van der Waals surface area contributed by atoms with Gasteiger partial charge in [-0.25, -0.2) is 0 Å². The number of hydrogen-bond donors (Lipinski definition) is 0. The molecule has 4 nitrogen and oxygen atoms in total. The van der Waals surface area contributed by atoms with Crippen molar-refractivity contribution in [1.82, 2.24) is 9.88 Å². The molecule has 0 saturated carbocycles. The maximum absolute atomic E-state index is 5.57. The van der Waals surface area contributed by atoms with Crippen LogP contribution in [0.25, 0.3) is 0 Å². The van der Waals surface area contributed by atoms with E-state index in [1.165, 1.54) is 17.0 Å². The van der Waals surface area contributed by atoms with Gasteiger partial charge in [0.1, 0.15) is 0 Å². The lowest BCUT2D eigenvalue weighted by atomic mass is 9.95. The minimum Gasteiger partial charge on any atom is -0.381 e. The number of aromatic nitrogens is 1. The van der Waals surface area contributed by atoms with Gasteiger partial charge in [-0.05, 0) is 24.0 Å². The summed E-state index contributed by atoms with van der Waals surface area (Å²) in [4.78, 5) is 7.43. The van der Waals surface area contributed by atoms with Crippen molar-refractivity contribution in [3.05, 3.63) is 29.1 Å². The van der Waals surface area contributed by atoms with E-state index in [4.69, 9.17) is 14.5 Å². The van der Waals surface area contributed by atoms with Gasteiger partial charge in [0.25, 0.3) is 0 Å². The molecular weight excluding hydrogens is 264 g/mol. The van der Waals surface area contributed by atoms with Crippen LogP contribution in [-0.4, -0.2) is 49.4 Å². The zero-order valence-corrected chi connectivity index (χ0v) is 13.2. The Labute approximate surface area is 127 Å². The summed E-state index contributed by atoms with van der Waals surface area (Å²) in [6.45, 7) is 10.8. The molecule has 2 aliphatic rings. The van der Waals surface area contributed by atoms with Crippen LogP contribution in [0.15, 0.2) is 12.1 Å². The molecule has 0 aromatic carbocycles. The molecule has 3 rings (SSSR count). The first-order valence-electron chi connectivity index (χ1n) is 8.11. The van der Waals surface area contributed by atoms with Crippen LogP contribution < -0.4 is 0 Å². The second-order valence-corrected chi connectivity index (χ2v) is 6.38. The lowest BCUT2D eigenvalue weighted by molar-refractivity contribution is 0.0334. The average Bonchev–Trinajstić information content (AvgIpc) is 3.02. The zero-order chi connectivity index (χ0) is 14.7. The zero-order valence-electron chi connectivity index (χ0n) is 13.2. The van der Waals surface area contributed by atoms with E-state index in [0.29, 0.717) is 11.8 Å². The molecule has 0 bridgehead atoms. The molecule has 1 atom stereocenters. The molecule has 21 heavy (non-hydrogen) atoms. The highest BCUT2D eigenvalue weighted by atomic mass is 16.5. The van der Waals surface area contributed by atoms with Gasteiger partial charge in [-0.2, -0.15) is 0 Å². The molecular formula is C17H26N2O2. The highest BCUT2D eigenvalue weighted by molar-refractivity contribution is 5.28. The van der Waals surface area contributed by atoms with Crippen molar-refractivity contribution in [2.45, 2.75) is 38.6 Å². The number of rotatable bonds is 4. The molecule has 0 aliphatic carbocycles. The smallest absolute Gasteiger partial charge is 0.0594 e. The van der Waals surface area contributed by atoms with E-state index in [-0.39, 0.29) is 0 Å². The summed E-state index contributed by atoms with van der Waals surface area (Å²) in [5, 5.41) is 0. The standard InChI is InChI=1S/C17H26N2O2/c1-13(2)16-4-3-15(14-5-8-21-12-14)17(18-16)11-19-6-9-20-10-7-19/h3-4,13-14H,5-12H2,1-2H3/t14-/m1/s1. The molecule has 0 amide bonds. The van der Waals surface area contributed by atoms with Gasteiger partial charge in [0.05, 0.1) is 25.5 Å². The van der Waals surface area contributed by atoms with Crippen LogP contribution in [0.2, 0.25) is 0 Å². The number of hydrogen-bond acceptors (Lipinski definition) is 4. The molecule has 4 heteroatoms. The second-order valence-electron chi connectivity index (χ2n) is 6.38. The summed E-state index contributed by atoms with van der Waals surface area (Å²) in [7, 11) is 0. The van der Waals surface area contributed by atoms with E-state index in [1.807, 2.05) is 0 Å². The molecule has 2 fully saturated rings. The Morgan fingerprint density at radius 1 is 1.19 bits per heavy atom. The summed E-state index contributed by atoms with van der Waals surface area (Å²) >= 11 is 0. The minimum atomic E-state index is 0.474. The molecule has 1 aromatic heterocycles. The van der Waals surface area contributed by atoms with Crippen LogP contribution in [0.1, 0.15) is 49.1 Å². The monoisotopic (exact) mass is 290 g/mol. The largest absolute Gasteiger partial charge is 0.381 e. The van der Waals surface area contributed by atoms with Gasteiger partial charge in [0.2, 0.25) is 0 Å². The quantitative estimate of drug-likeness (QED) is 0.853. The Bertz CT molecular complexity index is 464. The lowest BCUT2D eigenvalue weighted by Gasteiger charge is -2.28. The fourth-order valence-electron chi connectivity index (χ4n) is 3.10. The van der Waals surface area contributed by atoms with Gasteiger partial charge < -0.3 is 9.47 Å². The maximum atomic E-state index is 5.57. The number of pyridine rings is 1. The normalized spacial score (nSPS) is 23.9. The number of nitrogens with zero attached hydrogens (tertiary/aromatic N) is 2. The second kappa shape index (κ2) is 6.86. The summed E-state index contributed by atoms with van der Waals surface area (Å²) < 4.78 is 11.0. The SMILES string of the molecule is CC(C)c1ccc([C@@H]2CCOC2)c(CN2CCOCC2)n1. The molecule has 3 heterocycles. The van der Waals surface area contributed by atoms with Gasteiger partial charge in [-0.3, -0.25) is 9.88 Å². The first kappa shape index (κ1) is 14.9. The Hall–Kier alpha value is -0.970. The molecule has 0 spiro atoms. The number of ether oxygens (including phenoxy) is 2. The van der Waals surface area contributed by atoms with Crippen molar-refractivity contribution in [2.75, 3.05) is 39.5 Å². The first-order chi connectivity index (χ1) is 10.2.